The number of ether oxygens (including phenoxy) is 1. The molecule has 0 spiro atoms. The third-order valence-electron chi connectivity index (χ3n) is 4.66. The van der Waals surface area contributed by atoms with Crippen LogP contribution in [0, 0.1) is 0 Å². The number of rotatable bonds is 7. The van der Waals surface area contributed by atoms with Crippen LogP contribution in [0.3, 0.4) is 0 Å². The lowest BCUT2D eigenvalue weighted by Gasteiger charge is -2.10. The molecule has 0 aliphatic rings. The Balaban J connectivity index is 1.75. The highest BCUT2D eigenvalue weighted by Gasteiger charge is 2.30. The van der Waals surface area contributed by atoms with Crippen LogP contribution in [0.5, 0.6) is 5.75 Å². The predicted molar refractivity (Wildman–Crippen MR) is 113 cm³/mol. The van der Waals surface area contributed by atoms with Crippen molar-refractivity contribution in [1.82, 2.24) is 9.88 Å². The maximum atomic E-state index is 12.8. The van der Waals surface area contributed by atoms with Gasteiger partial charge in [-0.2, -0.15) is 13.2 Å². The van der Waals surface area contributed by atoms with Crippen molar-refractivity contribution in [2.45, 2.75) is 26.2 Å². The van der Waals surface area contributed by atoms with Crippen molar-refractivity contribution in [2.24, 2.45) is 0 Å². The molecule has 0 aliphatic carbocycles. The molecular weight excluding hydrogens is 445 g/mol. The number of aromatic nitrogens is 1. The number of ketones is 1. The molecule has 168 valence electrons. The first-order chi connectivity index (χ1) is 15.1. The molecule has 1 N–H and O–H groups in total. The normalized spacial score (nSPS) is 11.3. The molecule has 1 heterocycles. The van der Waals surface area contributed by atoms with Crippen LogP contribution in [0.25, 0.3) is 0 Å². The summed E-state index contributed by atoms with van der Waals surface area (Å²) in [6.45, 7) is 1.39. The molecule has 0 saturated carbocycles. The fourth-order valence-electron chi connectivity index (χ4n) is 3.02. The van der Waals surface area contributed by atoms with Crippen LogP contribution in [0.1, 0.15) is 43.6 Å². The van der Waals surface area contributed by atoms with Gasteiger partial charge in [-0.3, -0.25) is 14.4 Å². The van der Waals surface area contributed by atoms with Gasteiger partial charge in [-0.05, 0) is 42.8 Å². The van der Waals surface area contributed by atoms with Gasteiger partial charge in [-0.15, -0.1) is 0 Å². The second kappa shape index (κ2) is 9.39. The van der Waals surface area contributed by atoms with E-state index in [0.29, 0.717) is 28.2 Å². The number of alkyl halides is 3. The highest BCUT2D eigenvalue weighted by molar-refractivity contribution is 7.11. The first kappa shape index (κ1) is 23.3. The smallest absolute Gasteiger partial charge is 0.416 e. The van der Waals surface area contributed by atoms with Gasteiger partial charge in [-0.1, -0.05) is 23.5 Å². The Bertz CT molecular complexity index is 1210. The van der Waals surface area contributed by atoms with Crippen LogP contribution in [-0.4, -0.2) is 23.4 Å². The lowest BCUT2D eigenvalue weighted by molar-refractivity contribution is -0.137. The van der Waals surface area contributed by atoms with Crippen LogP contribution in [0.4, 0.5) is 13.2 Å². The van der Waals surface area contributed by atoms with Crippen LogP contribution < -0.4 is 14.9 Å². The summed E-state index contributed by atoms with van der Waals surface area (Å²) in [4.78, 5) is 36.2. The molecule has 0 saturated heterocycles. The highest BCUT2D eigenvalue weighted by atomic mass is 32.1. The molecule has 0 atom stereocenters. The van der Waals surface area contributed by atoms with Gasteiger partial charge < -0.3 is 14.6 Å². The number of nitrogens with zero attached hydrogens (tertiary/aromatic N) is 1. The number of carbonyl (C=O) groups excluding carboxylic acids is 2. The average Bonchev–Trinajstić information content (AvgIpc) is 3.12. The molecule has 0 unspecified atom stereocenters. The van der Waals surface area contributed by atoms with Gasteiger partial charge in [0.15, 0.2) is 5.78 Å². The minimum Gasteiger partial charge on any atom is -0.496 e. The number of amides is 1. The van der Waals surface area contributed by atoms with E-state index in [9.17, 15) is 27.6 Å². The van der Waals surface area contributed by atoms with Crippen LogP contribution >= 0.6 is 11.3 Å². The van der Waals surface area contributed by atoms with Crippen molar-refractivity contribution < 1.29 is 27.5 Å². The van der Waals surface area contributed by atoms with Gasteiger partial charge in [0.05, 0.1) is 19.2 Å². The SMILES string of the molecule is COc1ccc(C(C)=O)cc1Cn1cc(C(=O)NCc2cccc(C(F)(F)F)c2)sc1=O. The topological polar surface area (TPSA) is 77.4 Å². The number of nitrogens with one attached hydrogen (secondary N) is 1. The standard InChI is InChI=1S/C22H19F3N2O4S/c1-13(28)15-6-7-18(31-2)16(9-15)11-27-12-19(32-21(27)30)20(29)26-10-14-4-3-5-17(8-14)22(23,24)25/h3-9,12H,10-11H2,1-2H3,(H,26,29). The molecule has 0 radical (unpaired) electrons. The Labute approximate surface area is 185 Å². The van der Waals surface area contributed by atoms with E-state index in [4.69, 9.17) is 4.74 Å². The second-order valence-corrected chi connectivity index (χ2v) is 7.95. The summed E-state index contributed by atoms with van der Waals surface area (Å²) in [5.74, 6) is -0.224. The van der Waals surface area contributed by atoms with E-state index in [-0.39, 0.29) is 29.3 Å². The van der Waals surface area contributed by atoms with Crippen LogP contribution in [0.15, 0.2) is 53.5 Å². The zero-order chi connectivity index (χ0) is 23.5. The zero-order valence-electron chi connectivity index (χ0n) is 17.2. The maximum absolute atomic E-state index is 12.8. The summed E-state index contributed by atoms with van der Waals surface area (Å²) in [5, 5.41) is 2.53. The van der Waals surface area contributed by atoms with E-state index in [0.717, 1.165) is 12.1 Å². The quantitative estimate of drug-likeness (QED) is 0.534. The van der Waals surface area contributed by atoms with Crippen molar-refractivity contribution in [3.05, 3.63) is 85.5 Å². The number of methoxy groups -OCH3 is 1. The summed E-state index contributed by atoms with van der Waals surface area (Å²) < 4.78 is 45.1. The van der Waals surface area contributed by atoms with Gasteiger partial charge >= 0.3 is 11.0 Å². The summed E-state index contributed by atoms with van der Waals surface area (Å²) in [5.41, 5.74) is 0.534. The number of thiazole rings is 1. The van der Waals surface area contributed by atoms with Crippen molar-refractivity contribution in [1.29, 1.82) is 0 Å². The Morgan fingerprint density at radius 3 is 2.56 bits per heavy atom. The molecule has 32 heavy (non-hydrogen) atoms. The fourth-order valence-corrected chi connectivity index (χ4v) is 3.79. The molecule has 0 fully saturated rings. The number of carbonyl (C=O) groups is 2. The summed E-state index contributed by atoms with van der Waals surface area (Å²) in [6.07, 6.45) is -3.11. The molecule has 2 aromatic carbocycles. The second-order valence-electron chi connectivity index (χ2n) is 6.95. The monoisotopic (exact) mass is 464 g/mol. The van der Waals surface area contributed by atoms with Gasteiger partial charge in [0.25, 0.3) is 5.91 Å². The third kappa shape index (κ3) is 5.44. The van der Waals surface area contributed by atoms with Crippen molar-refractivity contribution in [3.63, 3.8) is 0 Å². The number of hydrogen-bond donors (Lipinski definition) is 1. The summed E-state index contributed by atoms with van der Waals surface area (Å²) in [7, 11) is 1.47. The molecule has 0 bridgehead atoms. The molecule has 6 nitrogen and oxygen atoms in total. The first-order valence-electron chi connectivity index (χ1n) is 9.41. The largest absolute Gasteiger partial charge is 0.496 e. The van der Waals surface area contributed by atoms with E-state index in [1.54, 1.807) is 18.2 Å². The molecule has 1 amide bonds. The van der Waals surface area contributed by atoms with E-state index >= 15 is 0 Å². The van der Waals surface area contributed by atoms with Gasteiger partial charge in [0.2, 0.25) is 0 Å². The number of hydrogen-bond acceptors (Lipinski definition) is 5. The molecule has 10 heteroatoms. The number of benzene rings is 2. The van der Waals surface area contributed by atoms with E-state index in [1.807, 2.05) is 0 Å². The number of halogens is 3. The van der Waals surface area contributed by atoms with E-state index in [2.05, 4.69) is 5.32 Å². The molecule has 3 rings (SSSR count). The lowest BCUT2D eigenvalue weighted by atomic mass is 10.1. The molecule has 3 aromatic rings. The summed E-state index contributed by atoms with van der Waals surface area (Å²) >= 11 is 0.716. The van der Waals surface area contributed by atoms with E-state index in [1.165, 1.54) is 36.9 Å². The first-order valence-corrected chi connectivity index (χ1v) is 10.2. The minimum atomic E-state index is -4.47. The Kier molecular flexibility index (Phi) is 6.83. The molecule has 1 aromatic heterocycles. The van der Waals surface area contributed by atoms with Crippen LogP contribution in [-0.2, 0) is 19.3 Å². The predicted octanol–water partition coefficient (Wildman–Crippen LogP) is 4.12. The van der Waals surface area contributed by atoms with Crippen molar-refractivity contribution >= 4 is 23.0 Å². The third-order valence-corrected chi connectivity index (χ3v) is 5.58. The fraction of sp³-hybridized carbons (Fsp3) is 0.227. The molecule has 0 aliphatic heterocycles. The van der Waals surface area contributed by atoms with Crippen molar-refractivity contribution in [3.8, 4) is 5.75 Å². The van der Waals surface area contributed by atoms with Gasteiger partial charge in [-0.25, -0.2) is 0 Å². The zero-order valence-corrected chi connectivity index (χ0v) is 18.0. The van der Waals surface area contributed by atoms with Crippen molar-refractivity contribution in [2.75, 3.05) is 7.11 Å². The van der Waals surface area contributed by atoms with E-state index < -0.39 is 22.5 Å². The van der Waals surface area contributed by atoms with Gasteiger partial charge in [0.1, 0.15) is 10.6 Å². The highest BCUT2D eigenvalue weighted by Crippen LogP contribution is 2.29. The maximum Gasteiger partial charge on any atom is 0.416 e. The molecular formula is C22H19F3N2O4S. The Hall–Kier alpha value is -3.40. The van der Waals surface area contributed by atoms with Crippen LogP contribution in [0.2, 0.25) is 0 Å². The summed E-state index contributed by atoms with van der Waals surface area (Å²) in [6, 6.07) is 9.52. The average molecular weight is 464 g/mol. The minimum absolute atomic E-state index is 0.0839. The Morgan fingerprint density at radius 1 is 1.16 bits per heavy atom. The number of Topliss-reactive ketones (excluding diaryl/α,β-unsaturated/α-hetero) is 1. The lowest BCUT2D eigenvalue weighted by Crippen LogP contribution is -2.22. The Morgan fingerprint density at radius 2 is 1.91 bits per heavy atom. The van der Waals surface area contributed by atoms with Gasteiger partial charge in [0, 0.05) is 23.9 Å².